The highest BCUT2D eigenvalue weighted by molar-refractivity contribution is 8.00. The second-order valence-electron chi connectivity index (χ2n) is 5.59. The van der Waals surface area contributed by atoms with Crippen LogP contribution in [-0.2, 0) is 11.3 Å². The summed E-state index contributed by atoms with van der Waals surface area (Å²) in [5.74, 6) is 0.686. The van der Waals surface area contributed by atoms with Crippen molar-refractivity contribution < 1.29 is 4.79 Å². The minimum absolute atomic E-state index is 0.102. The van der Waals surface area contributed by atoms with Gasteiger partial charge in [-0.1, -0.05) is 47.1 Å². The predicted octanol–water partition coefficient (Wildman–Crippen LogP) is 4.44. The Kier molecular flexibility index (Phi) is 6.93. The summed E-state index contributed by atoms with van der Waals surface area (Å²) in [6.45, 7) is 9.92. The average Bonchev–Trinajstić information content (AvgIpc) is 2.88. The third kappa shape index (κ3) is 5.00. The van der Waals surface area contributed by atoms with Crippen LogP contribution in [0.25, 0.3) is 0 Å². The van der Waals surface area contributed by atoms with E-state index >= 15 is 0 Å². The van der Waals surface area contributed by atoms with Crippen LogP contribution < -0.4 is 5.32 Å². The molecule has 2 atom stereocenters. The fraction of sp³-hybridized carbons (Fsp3) is 0.353. The van der Waals surface area contributed by atoms with Crippen LogP contribution in [0.1, 0.15) is 31.3 Å². The first-order valence-corrected chi connectivity index (χ1v) is 9.39. The average molecular weight is 399 g/mol. The molecule has 0 saturated carbocycles. The number of amides is 1. The first-order valence-electron chi connectivity index (χ1n) is 7.76. The van der Waals surface area contributed by atoms with Crippen molar-refractivity contribution in [2.45, 2.75) is 43.8 Å². The summed E-state index contributed by atoms with van der Waals surface area (Å²) < 4.78 is 1.92. The molecule has 25 heavy (non-hydrogen) atoms. The summed E-state index contributed by atoms with van der Waals surface area (Å²) in [4.78, 5) is 12.5. The molecular formula is C17H20Cl2N4OS. The number of benzene rings is 1. The van der Waals surface area contributed by atoms with E-state index < -0.39 is 0 Å². The minimum Gasteiger partial charge on any atom is -0.349 e. The summed E-state index contributed by atoms with van der Waals surface area (Å²) in [5, 5.41) is 12.6. The number of halogens is 2. The zero-order valence-corrected chi connectivity index (χ0v) is 16.6. The van der Waals surface area contributed by atoms with Gasteiger partial charge in [0.1, 0.15) is 5.82 Å². The Hall–Kier alpha value is -1.50. The SMILES string of the molecule is C=CCn1c(C)nnc1S[C@H](C)C(=O)N[C@H](C)c1ccc(Cl)cc1Cl. The second-order valence-corrected chi connectivity index (χ2v) is 7.74. The van der Waals surface area contributed by atoms with E-state index in [1.165, 1.54) is 11.8 Å². The van der Waals surface area contributed by atoms with Gasteiger partial charge in [-0.25, -0.2) is 0 Å². The van der Waals surface area contributed by atoms with E-state index in [0.717, 1.165) is 11.4 Å². The van der Waals surface area contributed by atoms with Crippen LogP contribution in [0.5, 0.6) is 0 Å². The monoisotopic (exact) mass is 398 g/mol. The van der Waals surface area contributed by atoms with Gasteiger partial charge in [-0.15, -0.1) is 16.8 Å². The molecule has 2 rings (SSSR count). The number of hydrogen-bond donors (Lipinski definition) is 1. The molecule has 1 aromatic heterocycles. The van der Waals surface area contributed by atoms with E-state index in [0.29, 0.717) is 21.7 Å². The number of thioether (sulfide) groups is 1. The lowest BCUT2D eigenvalue weighted by Gasteiger charge is -2.18. The van der Waals surface area contributed by atoms with E-state index in [4.69, 9.17) is 23.2 Å². The lowest BCUT2D eigenvalue weighted by atomic mass is 10.1. The number of allylic oxidation sites excluding steroid dienone is 1. The number of aromatic nitrogens is 3. The molecule has 0 spiro atoms. The summed E-state index contributed by atoms with van der Waals surface area (Å²) in [5.41, 5.74) is 0.822. The quantitative estimate of drug-likeness (QED) is 0.553. The molecule has 0 bridgehead atoms. The first-order chi connectivity index (χ1) is 11.8. The molecule has 0 saturated heterocycles. The third-order valence-corrected chi connectivity index (χ3v) is 5.30. The van der Waals surface area contributed by atoms with Crippen LogP contribution in [0.15, 0.2) is 36.0 Å². The number of nitrogens with one attached hydrogen (secondary N) is 1. The first kappa shape index (κ1) is 19.8. The molecule has 0 unspecified atom stereocenters. The molecular weight excluding hydrogens is 379 g/mol. The Balaban J connectivity index is 2.04. The highest BCUT2D eigenvalue weighted by Crippen LogP contribution is 2.27. The Bertz CT molecular complexity index is 778. The highest BCUT2D eigenvalue weighted by Gasteiger charge is 2.21. The van der Waals surface area contributed by atoms with E-state index in [1.807, 2.05) is 31.4 Å². The van der Waals surface area contributed by atoms with Crippen LogP contribution in [0.3, 0.4) is 0 Å². The summed E-state index contributed by atoms with van der Waals surface area (Å²) >= 11 is 13.5. The molecule has 0 aliphatic rings. The molecule has 8 heteroatoms. The molecule has 2 aromatic rings. The summed E-state index contributed by atoms with van der Waals surface area (Å²) in [7, 11) is 0. The van der Waals surface area contributed by atoms with Crippen LogP contribution in [0, 0.1) is 6.92 Å². The van der Waals surface area contributed by atoms with E-state index in [2.05, 4.69) is 22.1 Å². The fourth-order valence-corrected chi connectivity index (χ4v) is 3.75. The lowest BCUT2D eigenvalue weighted by Crippen LogP contribution is -2.33. The van der Waals surface area contributed by atoms with Crippen molar-refractivity contribution >= 4 is 40.9 Å². The number of aryl methyl sites for hydroxylation is 1. The van der Waals surface area contributed by atoms with Gasteiger partial charge in [0.25, 0.3) is 0 Å². The normalized spacial score (nSPS) is 13.3. The Morgan fingerprint density at radius 3 is 2.76 bits per heavy atom. The van der Waals surface area contributed by atoms with Crippen LogP contribution >= 0.6 is 35.0 Å². The lowest BCUT2D eigenvalue weighted by molar-refractivity contribution is -0.120. The van der Waals surface area contributed by atoms with Gasteiger partial charge in [-0.05, 0) is 38.5 Å². The zero-order chi connectivity index (χ0) is 18.6. The molecule has 1 aromatic carbocycles. The maximum absolute atomic E-state index is 12.5. The van der Waals surface area contributed by atoms with E-state index in [-0.39, 0.29) is 17.2 Å². The number of carbonyl (C=O) groups excluding carboxylic acids is 1. The van der Waals surface area contributed by atoms with E-state index in [9.17, 15) is 4.79 Å². The molecule has 5 nitrogen and oxygen atoms in total. The van der Waals surface area contributed by atoms with Gasteiger partial charge in [0.15, 0.2) is 5.16 Å². The van der Waals surface area contributed by atoms with Crippen molar-refractivity contribution in [1.82, 2.24) is 20.1 Å². The van der Waals surface area contributed by atoms with Gasteiger partial charge in [0.05, 0.1) is 11.3 Å². The van der Waals surface area contributed by atoms with Gasteiger partial charge in [0, 0.05) is 16.6 Å². The fourth-order valence-electron chi connectivity index (χ4n) is 2.26. The van der Waals surface area contributed by atoms with Crippen molar-refractivity contribution in [2.75, 3.05) is 0 Å². The number of rotatable bonds is 7. The Labute approximate surface area is 161 Å². The smallest absolute Gasteiger partial charge is 0.233 e. The van der Waals surface area contributed by atoms with Gasteiger partial charge in [-0.2, -0.15) is 0 Å². The Morgan fingerprint density at radius 1 is 1.40 bits per heavy atom. The van der Waals surface area contributed by atoms with Gasteiger partial charge in [0.2, 0.25) is 5.91 Å². The van der Waals surface area contributed by atoms with Crippen molar-refractivity contribution in [3.63, 3.8) is 0 Å². The molecule has 1 amide bonds. The molecule has 0 aliphatic heterocycles. The van der Waals surface area contributed by atoms with E-state index in [1.54, 1.807) is 18.2 Å². The molecule has 1 N–H and O–H groups in total. The molecule has 0 fully saturated rings. The summed E-state index contributed by atoms with van der Waals surface area (Å²) in [6, 6.07) is 5.01. The van der Waals surface area contributed by atoms with Gasteiger partial charge >= 0.3 is 0 Å². The molecule has 134 valence electrons. The van der Waals surface area contributed by atoms with Crippen molar-refractivity contribution in [3.8, 4) is 0 Å². The second kappa shape index (κ2) is 8.74. The molecule has 0 radical (unpaired) electrons. The zero-order valence-electron chi connectivity index (χ0n) is 14.3. The number of nitrogens with zero attached hydrogens (tertiary/aromatic N) is 3. The number of carbonyl (C=O) groups is 1. The van der Waals surface area contributed by atoms with Crippen molar-refractivity contribution in [2.24, 2.45) is 0 Å². The minimum atomic E-state index is -0.333. The maximum Gasteiger partial charge on any atom is 0.233 e. The van der Waals surface area contributed by atoms with Gasteiger partial charge in [-0.3, -0.25) is 4.79 Å². The summed E-state index contributed by atoms with van der Waals surface area (Å²) in [6.07, 6.45) is 1.77. The topological polar surface area (TPSA) is 59.8 Å². The molecule has 0 aliphatic carbocycles. The van der Waals surface area contributed by atoms with Crippen LogP contribution in [-0.4, -0.2) is 25.9 Å². The van der Waals surface area contributed by atoms with Crippen molar-refractivity contribution in [1.29, 1.82) is 0 Å². The maximum atomic E-state index is 12.5. The third-order valence-electron chi connectivity index (χ3n) is 3.65. The van der Waals surface area contributed by atoms with Crippen LogP contribution in [0.2, 0.25) is 10.0 Å². The standard InChI is InChI=1S/C17H20Cl2N4OS/c1-5-8-23-12(4)21-22-17(23)25-11(3)16(24)20-10(2)14-7-6-13(18)9-15(14)19/h5-7,9-11H,1,8H2,2-4H3,(H,20,24)/t10-,11-/m1/s1. The largest absolute Gasteiger partial charge is 0.349 e. The van der Waals surface area contributed by atoms with Crippen molar-refractivity contribution in [3.05, 3.63) is 52.3 Å². The van der Waals surface area contributed by atoms with Gasteiger partial charge < -0.3 is 9.88 Å². The highest BCUT2D eigenvalue weighted by atomic mass is 35.5. The van der Waals surface area contributed by atoms with Crippen LogP contribution in [0.4, 0.5) is 0 Å². The number of hydrogen-bond acceptors (Lipinski definition) is 4. The predicted molar refractivity (Wildman–Crippen MR) is 103 cm³/mol. The Morgan fingerprint density at radius 2 is 2.12 bits per heavy atom. The molecule has 1 heterocycles.